The molecule has 6 rings (SSSR count). The van der Waals surface area contributed by atoms with Crippen LogP contribution in [0.3, 0.4) is 0 Å². The number of thiazole rings is 1. The van der Waals surface area contributed by atoms with Crippen LogP contribution in [0.4, 0.5) is 5.69 Å². The van der Waals surface area contributed by atoms with Crippen molar-refractivity contribution in [2.45, 2.75) is 13.0 Å². The maximum absolute atomic E-state index is 14.4. The summed E-state index contributed by atoms with van der Waals surface area (Å²) in [5.74, 6) is -1.46. The molecule has 4 aromatic rings. The van der Waals surface area contributed by atoms with Gasteiger partial charge in [-0.05, 0) is 30.7 Å². The first-order valence-corrected chi connectivity index (χ1v) is 14.7. The van der Waals surface area contributed by atoms with Crippen LogP contribution in [-0.4, -0.2) is 42.7 Å². The lowest BCUT2D eigenvalue weighted by Gasteiger charge is -2.26. The van der Waals surface area contributed by atoms with Gasteiger partial charge in [-0.2, -0.15) is 0 Å². The van der Waals surface area contributed by atoms with E-state index in [9.17, 15) is 19.2 Å². The second-order valence-electron chi connectivity index (χ2n) is 9.96. The molecule has 3 aromatic carbocycles. The maximum atomic E-state index is 14.4. The Balaban J connectivity index is 1.69. The molecule has 3 heterocycles. The van der Waals surface area contributed by atoms with Crippen molar-refractivity contribution >= 4 is 46.1 Å². The van der Waals surface area contributed by atoms with Crippen molar-refractivity contribution < 1.29 is 23.9 Å². The highest BCUT2D eigenvalue weighted by Gasteiger charge is 2.38. The molecule has 0 fully saturated rings. The fourth-order valence-corrected chi connectivity index (χ4v) is 6.63. The second kappa shape index (κ2) is 11.7. The average molecular weight is 606 g/mol. The summed E-state index contributed by atoms with van der Waals surface area (Å²) in [5.41, 5.74) is 3.17. The van der Waals surface area contributed by atoms with Gasteiger partial charge in [0.25, 0.3) is 11.5 Å². The minimum absolute atomic E-state index is 0.109. The van der Waals surface area contributed by atoms with Crippen molar-refractivity contribution in [3.63, 3.8) is 0 Å². The number of rotatable bonds is 7. The van der Waals surface area contributed by atoms with E-state index in [0.717, 1.165) is 11.3 Å². The number of amides is 1. The summed E-state index contributed by atoms with van der Waals surface area (Å²) in [6.07, 6.45) is 1.63. The van der Waals surface area contributed by atoms with Gasteiger partial charge in [0.1, 0.15) is 4.53 Å². The third-order valence-electron chi connectivity index (χ3n) is 7.46. The lowest BCUT2D eigenvalue weighted by molar-refractivity contribution is -0.138. The van der Waals surface area contributed by atoms with Gasteiger partial charge in [-0.1, -0.05) is 78.1 Å². The fraction of sp³-hybridized carbons (Fsp3) is 0.147. The van der Waals surface area contributed by atoms with Gasteiger partial charge < -0.3 is 14.4 Å². The summed E-state index contributed by atoms with van der Waals surface area (Å²) < 4.78 is 12.0. The molecule has 0 bridgehead atoms. The van der Waals surface area contributed by atoms with E-state index in [1.165, 1.54) is 11.7 Å². The Morgan fingerprint density at radius 1 is 0.977 bits per heavy atom. The lowest BCUT2D eigenvalue weighted by atomic mass is 9.92. The molecule has 0 N–H and O–H groups in total. The molecular weight excluding hydrogens is 578 g/mol. The first-order chi connectivity index (χ1) is 21.4. The van der Waals surface area contributed by atoms with Crippen LogP contribution in [0.2, 0.25) is 0 Å². The smallest absolute Gasteiger partial charge is 0.338 e. The van der Waals surface area contributed by atoms with Gasteiger partial charge in [-0.3, -0.25) is 14.2 Å². The zero-order chi connectivity index (χ0) is 31.0. The van der Waals surface area contributed by atoms with Crippen molar-refractivity contribution in [1.29, 1.82) is 0 Å². The minimum Gasteiger partial charge on any atom is -0.465 e. The number of methoxy groups -OCH3 is 1. The van der Waals surface area contributed by atoms with Crippen molar-refractivity contribution in [3.05, 3.63) is 139 Å². The summed E-state index contributed by atoms with van der Waals surface area (Å²) in [4.78, 5) is 60.9. The van der Waals surface area contributed by atoms with E-state index in [-0.39, 0.29) is 34.7 Å². The fourth-order valence-electron chi connectivity index (χ4n) is 5.54. The topological polar surface area (TPSA) is 107 Å². The molecule has 2 aliphatic rings. The lowest BCUT2D eigenvalue weighted by Crippen LogP contribution is -2.41. The number of hydrogen-bond donors (Lipinski definition) is 0. The van der Waals surface area contributed by atoms with E-state index in [1.807, 2.05) is 54.6 Å². The molecule has 0 radical (unpaired) electrons. The normalized spacial score (nSPS) is 16.6. The molecule has 0 saturated heterocycles. The Morgan fingerprint density at radius 3 is 2.36 bits per heavy atom. The van der Waals surface area contributed by atoms with Crippen molar-refractivity contribution in [3.8, 4) is 0 Å². The van der Waals surface area contributed by atoms with Crippen LogP contribution in [0.1, 0.15) is 40.0 Å². The number of benzene rings is 3. The van der Waals surface area contributed by atoms with Crippen LogP contribution >= 0.6 is 11.3 Å². The number of carbonyl (C=O) groups excluding carboxylic acids is 3. The van der Waals surface area contributed by atoms with E-state index in [1.54, 1.807) is 42.2 Å². The van der Waals surface area contributed by atoms with E-state index in [2.05, 4.69) is 6.58 Å². The van der Waals surface area contributed by atoms with Crippen LogP contribution in [-0.2, 0) is 19.1 Å². The number of para-hydroxylation sites is 1. The third-order valence-corrected chi connectivity index (χ3v) is 8.51. The van der Waals surface area contributed by atoms with Gasteiger partial charge in [-0.25, -0.2) is 14.6 Å². The number of fused-ring (bicyclic) bond motifs is 2. The molecule has 0 spiro atoms. The van der Waals surface area contributed by atoms with E-state index in [0.29, 0.717) is 38.4 Å². The summed E-state index contributed by atoms with van der Waals surface area (Å²) in [6.45, 7) is 5.87. The number of aromatic nitrogens is 1. The predicted molar refractivity (Wildman–Crippen MR) is 167 cm³/mol. The molecule has 1 amide bonds. The Bertz CT molecular complexity index is 2040. The summed E-state index contributed by atoms with van der Waals surface area (Å²) in [5, 5.41) is 0. The average Bonchev–Trinajstić information content (AvgIpc) is 3.52. The van der Waals surface area contributed by atoms with Crippen LogP contribution in [0.5, 0.6) is 0 Å². The first kappa shape index (κ1) is 28.8. The number of ether oxygens (including phenoxy) is 2. The molecule has 10 heteroatoms. The molecule has 1 atom stereocenters. The number of esters is 2. The van der Waals surface area contributed by atoms with E-state index < -0.39 is 23.5 Å². The van der Waals surface area contributed by atoms with Gasteiger partial charge in [-0.15, -0.1) is 6.58 Å². The maximum Gasteiger partial charge on any atom is 0.338 e. The highest BCUT2D eigenvalue weighted by molar-refractivity contribution is 7.07. The minimum atomic E-state index is -0.961. The van der Waals surface area contributed by atoms with Gasteiger partial charge in [0.05, 0.1) is 47.9 Å². The number of hydrogen-bond acceptors (Lipinski definition) is 8. The monoisotopic (exact) mass is 605 g/mol. The first-order valence-electron chi connectivity index (χ1n) is 13.9. The Hall–Kier alpha value is -5.35. The van der Waals surface area contributed by atoms with Gasteiger partial charge >= 0.3 is 11.9 Å². The highest BCUT2D eigenvalue weighted by Crippen LogP contribution is 2.37. The number of nitrogens with zero attached hydrogens (tertiary/aromatic N) is 3. The Kier molecular flexibility index (Phi) is 7.67. The molecule has 9 nitrogen and oxygen atoms in total. The summed E-state index contributed by atoms with van der Waals surface area (Å²) >= 11 is 1.10. The molecule has 1 unspecified atom stereocenters. The number of carbonyl (C=O) groups is 3. The van der Waals surface area contributed by atoms with Crippen molar-refractivity contribution in [2.75, 3.05) is 25.2 Å². The Morgan fingerprint density at radius 2 is 1.68 bits per heavy atom. The predicted octanol–water partition coefficient (Wildman–Crippen LogP) is 3.63. The van der Waals surface area contributed by atoms with Crippen LogP contribution < -0.4 is 19.8 Å². The van der Waals surface area contributed by atoms with E-state index in [4.69, 9.17) is 14.5 Å². The van der Waals surface area contributed by atoms with Crippen LogP contribution in [0.15, 0.2) is 107 Å². The SMILES string of the molecule is C=CCN1C(=O)/C(=c2\sc3n(c2=O)C(c2ccc(C(=O)OC)cc2)C(C(=O)OCC)=C(c2ccccc2)N=3)c2ccccc21. The third kappa shape index (κ3) is 4.69. The zero-order valence-electron chi connectivity index (χ0n) is 24.0. The molecule has 1 aromatic heterocycles. The summed E-state index contributed by atoms with van der Waals surface area (Å²) in [7, 11) is 1.29. The van der Waals surface area contributed by atoms with Crippen LogP contribution in [0, 0.1) is 0 Å². The Labute approximate surface area is 256 Å². The largest absolute Gasteiger partial charge is 0.465 e. The van der Waals surface area contributed by atoms with Gasteiger partial charge in [0.2, 0.25) is 0 Å². The quantitative estimate of drug-likeness (QED) is 0.235. The van der Waals surface area contributed by atoms with Gasteiger partial charge in [0.15, 0.2) is 4.80 Å². The van der Waals surface area contributed by atoms with Crippen LogP contribution in [0.25, 0.3) is 11.3 Å². The molecule has 0 saturated carbocycles. The highest BCUT2D eigenvalue weighted by atomic mass is 32.1. The molecular formula is C34H27N3O6S. The summed E-state index contributed by atoms with van der Waals surface area (Å²) in [6, 6.07) is 22.0. The number of anilines is 1. The molecule has 44 heavy (non-hydrogen) atoms. The second-order valence-corrected chi connectivity index (χ2v) is 10.9. The standard InChI is InChI=1S/C34H27N3O6S/c1-4-19-36-24-14-10-9-13-23(24)25(30(36)38)29-31(39)37-28(21-15-17-22(18-16-21)32(40)42-3)26(33(41)43-5-2)27(35-34(37)44-29)20-11-7-6-8-12-20/h4,6-18,28H,1,5,19H2,2-3H3/b29-25-. The zero-order valence-corrected chi connectivity index (χ0v) is 24.8. The van der Waals surface area contributed by atoms with Crippen molar-refractivity contribution in [2.24, 2.45) is 4.99 Å². The van der Waals surface area contributed by atoms with Crippen molar-refractivity contribution in [1.82, 2.24) is 4.57 Å². The molecule has 2 aliphatic heterocycles. The molecule has 220 valence electrons. The van der Waals surface area contributed by atoms with E-state index >= 15 is 0 Å². The molecule has 0 aliphatic carbocycles. The van der Waals surface area contributed by atoms with Gasteiger partial charge in [0, 0.05) is 17.7 Å².